The van der Waals surface area contributed by atoms with Crippen LogP contribution in [0.5, 0.6) is 0 Å². The van der Waals surface area contributed by atoms with Gasteiger partial charge >= 0.3 is 6.18 Å². The van der Waals surface area contributed by atoms with E-state index in [0.717, 1.165) is 46.7 Å². The molecule has 0 atom stereocenters. The van der Waals surface area contributed by atoms with Gasteiger partial charge in [0.15, 0.2) is 4.34 Å². The Bertz CT molecular complexity index is 1050. The molecule has 1 aliphatic heterocycles. The maximum absolute atomic E-state index is 12.9. The van der Waals surface area contributed by atoms with Crippen molar-refractivity contribution in [1.82, 2.24) is 15.2 Å². The predicted molar refractivity (Wildman–Crippen MR) is 128 cm³/mol. The normalized spacial score (nSPS) is 15.2. The quantitative estimate of drug-likeness (QED) is 0.362. The summed E-state index contributed by atoms with van der Waals surface area (Å²) < 4.78 is 40.8. The maximum Gasteiger partial charge on any atom is 0.416 e. The van der Waals surface area contributed by atoms with Gasteiger partial charge in [-0.25, -0.2) is 4.98 Å². The summed E-state index contributed by atoms with van der Waals surface area (Å²) in [5.41, 5.74) is 0.959. The van der Waals surface area contributed by atoms with Crippen LogP contribution >= 0.6 is 23.1 Å². The molecule has 0 aliphatic carbocycles. The molecule has 0 bridgehead atoms. The number of anilines is 1. The van der Waals surface area contributed by atoms with Gasteiger partial charge in [0, 0.05) is 38.4 Å². The second-order valence-corrected chi connectivity index (χ2v) is 10.1. The molecule has 2 aromatic carbocycles. The van der Waals surface area contributed by atoms with E-state index in [2.05, 4.69) is 15.2 Å². The van der Waals surface area contributed by atoms with Gasteiger partial charge < -0.3 is 10.2 Å². The number of alkyl halides is 3. The first kappa shape index (κ1) is 23.8. The number of halogens is 3. The second kappa shape index (κ2) is 10.8. The molecule has 1 aliphatic rings. The number of hydrogen-bond acceptors (Lipinski definition) is 6. The number of para-hydroxylation sites is 1. The maximum atomic E-state index is 12.9. The molecular weight excluding hydrogens is 469 g/mol. The highest BCUT2D eigenvalue weighted by molar-refractivity contribution is 8.01. The zero-order valence-electron chi connectivity index (χ0n) is 18.0. The Morgan fingerprint density at radius 2 is 1.88 bits per heavy atom. The Hall–Kier alpha value is -2.30. The largest absolute Gasteiger partial charge is 0.416 e. The Kier molecular flexibility index (Phi) is 7.77. The molecule has 33 heavy (non-hydrogen) atoms. The Morgan fingerprint density at radius 3 is 2.64 bits per heavy atom. The summed E-state index contributed by atoms with van der Waals surface area (Å²) in [6.45, 7) is 4.41. The zero-order valence-corrected chi connectivity index (χ0v) is 19.6. The van der Waals surface area contributed by atoms with E-state index in [4.69, 9.17) is 0 Å². The molecule has 1 saturated heterocycles. The van der Waals surface area contributed by atoms with E-state index in [0.29, 0.717) is 31.1 Å². The van der Waals surface area contributed by atoms with Crippen molar-refractivity contribution in [2.45, 2.75) is 16.9 Å². The number of nitrogens with one attached hydrogen (secondary N) is 1. The number of piperazine rings is 1. The average molecular weight is 495 g/mol. The molecule has 3 aromatic rings. The fourth-order valence-corrected chi connectivity index (χ4v) is 5.63. The van der Waals surface area contributed by atoms with Crippen LogP contribution in [0, 0.1) is 0 Å². The summed E-state index contributed by atoms with van der Waals surface area (Å²) in [5, 5.41) is 2.95. The Balaban J connectivity index is 1.12. The van der Waals surface area contributed by atoms with Gasteiger partial charge in [-0.05, 0) is 43.3 Å². The Morgan fingerprint density at radius 1 is 1.09 bits per heavy atom. The number of benzene rings is 2. The minimum atomic E-state index is -4.32. The van der Waals surface area contributed by atoms with Crippen molar-refractivity contribution in [1.29, 1.82) is 0 Å². The molecule has 1 fully saturated rings. The molecule has 1 N–H and O–H groups in total. The third kappa shape index (κ3) is 6.61. The summed E-state index contributed by atoms with van der Waals surface area (Å²) in [4.78, 5) is 20.9. The molecule has 0 unspecified atom stereocenters. The van der Waals surface area contributed by atoms with Crippen LogP contribution in [0.25, 0.3) is 10.2 Å². The van der Waals surface area contributed by atoms with E-state index in [1.165, 1.54) is 23.9 Å². The molecule has 1 aromatic heterocycles. The van der Waals surface area contributed by atoms with Crippen LogP contribution < -0.4 is 10.2 Å². The number of fused-ring (bicyclic) bond motifs is 1. The van der Waals surface area contributed by atoms with E-state index >= 15 is 0 Å². The standard InChI is InChI=1S/C23H25F3N4OS2/c24-23(25,26)17-5-3-6-18(15-17)30-13-11-29(12-14-30)10-4-9-27-21(31)16-32-22-28-19-7-1-2-8-20(19)33-22/h1-3,5-8,15H,4,9-14,16H2,(H,27,31). The van der Waals surface area contributed by atoms with Crippen LogP contribution in [0.2, 0.25) is 0 Å². The van der Waals surface area contributed by atoms with Crippen LogP contribution in [0.3, 0.4) is 0 Å². The molecular formula is C23H25F3N4OS2. The van der Waals surface area contributed by atoms with Crippen LogP contribution in [-0.2, 0) is 11.0 Å². The summed E-state index contributed by atoms with van der Waals surface area (Å²) in [6, 6.07) is 13.4. The number of thiazole rings is 1. The van der Waals surface area contributed by atoms with E-state index < -0.39 is 11.7 Å². The number of thioether (sulfide) groups is 1. The third-order valence-electron chi connectivity index (χ3n) is 5.49. The first-order valence-electron chi connectivity index (χ1n) is 10.8. The van der Waals surface area contributed by atoms with Gasteiger partial charge in [-0.1, -0.05) is 30.0 Å². The smallest absolute Gasteiger partial charge is 0.369 e. The number of nitrogens with zero attached hydrogens (tertiary/aromatic N) is 3. The highest BCUT2D eigenvalue weighted by Gasteiger charge is 2.31. The molecule has 0 spiro atoms. The van der Waals surface area contributed by atoms with Crippen LogP contribution in [0.1, 0.15) is 12.0 Å². The fraction of sp³-hybridized carbons (Fsp3) is 0.391. The van der Waals surface area contributed by atoms with Gasteiger partial charge in [-0.15, -0.1) is 11.3 Å². The first-order valence-corrected chi connectivity index (χ1v) is 12.6. The Labute approximate surface area is 199 Å². The first-order chi connectivity index (χ1) is 15.9. The van der Waals surface area contributed by atoms with Crippen molar-refractivity contribution in [3.8, 4) is 0 Å². The summed E-state index contributed by atoms with van der Waals surface area (Å²) in [7, 11) is 0. The third-order valence-corrected chi connectivity index (χ3v) is 7.66. The van der Waals surface area contributed by atoms with Crippen LogP contribution in [-0.4, -0.2) is 60.8 Å². The van der Waals surface area contributed by atoms with E-state index in [1.807, 2.05) is 29.2 Å². The summed E-state index contributed by atoms with van der Waals surface area (Å²) >= 11 is 3.04. The second-order valence-electron chi connectivity index (χ2n) is 7.82. The topological polar surface area (TPSA) is 48.5 Å². The lowest BCUT2D eigenvalue weighted by atomic mass is 10.1. The number of carbonyl (C=O) groups excluding carboxylic acids is 1. The summed E-state index contributed by atoms with van der Waals surface area (Å²) in [6.07, 6.45) is -3.49. The number of aromatic nitrogens is 1. The van der Waals surface area contributed by atoms with Crippen molar-refractivity contribution >= 4 is 44.9 Å². The lowest BCUT2D eigenvalue weighted by molar-refractivity contribution is -0.137. The van der Waals surface area contributed by atoms with Crippen molar-refractivity contribution in [2.75, 3.05) is 49.9 Å². The van der Waals surface area contributed by atoms with Crippen molar-refractivity contribution < 1.29 is 18.0 Å². The molecule has 1 amide bonds. The van der Waals surface area contributed by atoms with E-state index in [1.54, 1.807) is 17.4 Å². The van der Waals surface area contributed by atoms with E-state index in [-0.39, 0.29) is 5.91 Å². The highest BCUT2D eigenvalue weighted by atomic mass is 32.2. The molecule has 0 saturated carbocycles. The zero-order chi connectivity index (χ0) is 23.3. The van der Waals surface area contributed by atoms with Gasteiger partial charge in [0.2, 0.25) is 5.91 Å². The van der Waals surface area contributed by atoms with Crippen molar-refractivity contribution in [3.63, 3.8) is 0 Å². The minimum absolute atomic E-state index is 0.00591. The number of rotatable bonds is 8. The lowest BCUT2D eigenvalue weighted by Crippen LogP contribution is -2.47. The lowest BCUT2D eigenvalue weighted by Gasteiger charge is -2.36. The SMILES string of the molecule is O=C(CSc1nc2ccccc2s1)NCCCN1CCN(c2cccc(C(F)(F)F)c2)CC1. The van der Waals surface area contributed by atoms with Gasteiger partial charge in [0.05, 0.1) is 21.5 Å². The monoisotopic (exact) mass is 494 g/mol. The summed E-state index contributed by atoms with van der Waals surface area (Å²) in [5.74, 6) is 0.337. The van der Waals surface area contributed by atoms with Gasteiger partial charge in [0.1, 0.15) is 0 Å². The van der Waals surface area contributed by atoms with Gasteiger partial charge in [0.25, 0.3) is 0 Å². The molecule has 176 valence electrons. The van der Waals surface area contributed by atoms with Crippen molar-refractivity contribution in [3.05, 3.63) is 54.1 Å². The van der Waals surface area contributed by atoms with Gasteiger partial charge in [-0.2, -0.15) is 13.2 Å². The predicted octanol–water partition coefficient (Wildman–Crippen LogP) is 4.74. The molecule has 2 heterocycles. The number of hydrogen-bond donors (Lipinski definition) is 1. The number of carbonyl (C=O) groups is 1. The molecule has 5 nitrogen and oxygen atoms in total. The fourth-order valence-electron chi connectivity index (χ4n) is 3.73. The van der Waals surface area contributed by atoms with Crippen LogP contribution in [0.4, 0.5) is 18.9 Å². The number of amides is 1. The van der Waals surface area contributed by atoms with Crippen molar-refractivity contribution in [2.24, 2.45) is 0 Å². The van der Waals surface area contributed by atoms with Crippen LogP contribution in [0.15, 0.2) is 52.9 Å². The van der Waals surface area contributed by atoms with E-state index in [9.17, 15) is 18.0 Å². The highest BCUT2D eigenvalue weighted by Crippen LogP contribution is 2.32. The molecule has 10 heteroatoms. The van der Waals surface area contributed by atoms with Gasteiger partial charge in [-0.3, -0.25) is 9.69 Å². The molecule has 4 rings (SSSR count). The molecule has 0 radical (unpaired) electrons. The average Bonchev–Trinajstić information content (AvgIpc) is 3.24. The minimum Gasteiger partial charge on any atom is -0.369 e.